The minimum absolute atomic E-state index is 0.0183. The highest BCUT2D eigenvalue weighted by molar-refractivity contribution is 5.88. The zero-order valence-electron chi connectivity index (χ0n) is 13.7. The Labute approximate surface area is 144 Å². The van der Waals surface area contributed by atoms with Gasteiger partial charge in [0.25, 0.3) is 0 Å². The molecule has 3 aromatic rings. The quantitative estimate of drug-likeness (QED) is 0.683. The molecule has 0 spiro atoms. The van der Waals surface area contributed by atoms with Crippen LogP contribution in [0.5, 0.6) is 0 Å². The van der Waals surface area contributed by atoms with E-state index in [1.54, 1.807) is 24.5 Å². The first kappa shape index (κ1) is 15.4. The van der Waals surface area contributed by atoms with Crippen molar-refractivity contribution in [2.24, 2.45) is 0 Å². The number of hydrogen-bond acceptors (Lipinski definition) is 3. The van der Waals surface area contributed by atoms with Crippen molar-refractivity contribution < 1.29 is 4.79 Å². The van der Waals surface area contributed by atoms with Crippen molar-refractivity contribution in [3.05, 3.63) is 58.5 Å². The summed E-state index contributed by atoms with van der Waals surface area (Å²) in [5.74, 6) is 0.713. The largest absolute Gasteiger partial charge is 0.361 e. The van der Waals surface area contributed by atoms with Crippen LogP contribution in [0.2, 0.25) is 0 Å². The highest BCUT2D eigenvalue weighted by atomic mass is 16.2. The molecular formula is C18H19N5O2. The summed E-state index contributed by atoms with van der Waals surface area (Å²) in [5.41, 5.74) is 1.66. The number of urea groups is 1. The standard InChI is InChI=1S/C18H19N5O2/c24-16-6-8-19-15-10-12(4-5-14(15)16)11-20-18(25)22-17-7-9-21-23(17)13-2-1-3-13/h4-10,13H,1-3,11H2,(H,19,24)(H2,20,22,25). The number of carbonyl (C=O) groups excluding carboxylic acids is 1. The maximum Gasteiger partial charge on any atom is 0.320 e. The Morgan fingerprint density at radius 2 is 2.16 bits per heavy atom. The summed E-state index contributed by atoms with van der Waals surface area (Å²) in [5, 5.41) is 10.6. The Balaban J connectivity index is 1.40. The molecule has 1 aliphatic rings. The molecule has 1 fully saturated rings. The van der Waals surface area contributed by atoms with Gasteiger partial charge in [0.1, 0.15) is 5.82 Å². The maximum atomic E-state index is 12.2. The summed E-state index contributed by atoms with van der Waals surface area (Å²) in [6.45, 7) is 0.371. The number of fused-ring (bicyclic) bond motifs is 1. The van der Waals surface area contributed by atoms with Gasteiger partial charge in [-0.2, -0.15) is 5.10 Å². The Bertz CT molecular complexity index is 971. The van der Waals surface area contributed by atoms with Gasteiger partial charge < -0.3 is 10.3 Å². The Morgan fingerprint density at radius 1 is 1.28 bits per heavy atom. The average molecular weight is 337 g/mol. The fourth-order valence-corrected chi connectivity index (χ4v) is 3.01. The number of carbonyl (C=O) groups is 1. The normalized spacial score (nSPS) is 14.2. The minimum atomic E-state index is -0.275. The van der Waals surface area contributed by atoms with E-state index in [4.69, 9.17) is 0 Å². The molecule has 25 heavy (non-hydrogen) atoms. The van der Waals surface area contributed by atoms with Crippen LogP contribution in [-0.4, -0.2) is 20.8 Å². The van der Waals surface area contributed by atoms with Gasteiger partial charge in [-0.15, -0.1) is 0 Å². The zero-order chi connectivity index (χ0) is 17.2. The smallest absolute Gasteiger partial charge is 0.320 e. The lowest BCUT2D eigenvalue weighted by Crippen LogP contribution is -2.30. The van der Waals surface area contributed by atoms with Crippen LogP contribution in [0.3, 0.4) is 0 Å². The molecule has 3 N–H and O–H groups in total. The van der Waals surface area contributed by atoms with Gasteiger partial charge in [-0.25, -0.2) is 9.48 Å². The lowest BCUT2D eigenvalue weighted by Gasteiger charge is -2.27. The topological polar surface area (TPSA) is 91.8 Å². The molecule has 0 unspecified atom stereocenters. The molecule has 1 saturated carbocycles. The summed E-state index contributed by atoms with van der Waals surface area (Å²) in [6.07, 6.45) is 6.74. The second-order valence-corrected chi connectivity index (χ2v) is 6.28. The number of amides is 2. The van der Waals surface area contributed by atoms with E-state index in [2.05, 4.69) is 20.7 Å². The molecule has 0 bridgehead atoms. The molecule has 2 heterocycles. The molecule has 1 aliphatic carbocycles. The SMILES string of the molecule is O=C(NCc1ccc2c(=O)cc[nH]c2c1)Nc1ccnn1C1CCC1. The number of aromatic nitrogens is 3. The van der Waals surface area contributed by atoms with Gasteiger partial charge in [-0.05, 0) is 37.0 Å². The second-order valence-electron chi connectivity index (χ2n) is 6.28. The second kappa shape index (κ2) is 6.43. The van der Waals surface area contributed by atoms with Gasteiger partial charge in [-0.1, -0.05) is 6.07 Å². The number of benzene rings is 1. The van der Waals surface area contributed by atoms with Crippen LogP contribution in [0, 0.1) is 0 Å². The van der Waals surface area contributed by atoms with Crippen LogP contribution in [0.25, 0.3) is 10.9 Å². The molecule has 0 radical (unpaired) electrons. The number of anilines is 1. The maximum absolute atomic E-state index is 12.2. The van der Waals surface area contributed by atoms with E-state index in [1.165, 1.54) is 12.5 Å². The van der Waals surface area contributed by atoms with Gasteiger partial charge in [0, 0.05) is 35.8 Å². The van der Waals surface area contributed by atoms with Gasteiger partial charge in [-0.3, -0.25) is 10.1 Å². The molecule has 4 rings (SSSR count). The molecule has 7 nitrogen and oxygen atoms in total. The third-order valence-corrected chi connectivity index (χ3v) is 4.61. The van der Waals surface area contributed by atoms with Crippen LogP contribution in [0.15, 0.2) is 47.5 Å². The molecule has 128 valence electrons. The highest BCUT2D eigenvalue weighted by Gasteiger charge is 2.22. The predicted molar refractivity (Wildman–Crippen MR) is 95.5 cm³/mol. The minimum Gasteiger partial charge on any atom is -0.361 e. The van der Waals surface area contributed by atoms with E-state index in [9.17, 15) is 9.59 Å². The summed E-state index contributed by atoms with van der Waals surface area (Å²) in [6, 6.07) is 8.91. The number of H-pyrrole nitrogens is 1. The van der Waals surface area contributed by atoms with Crippen molar-refractivity contribution in [1.82, 2.24) is 20.1 Å². The van der Waals surface area contributed by atoms with Crippen molar-refractivity contribution in [3.8, 4) is 0 Å². The lowest BCUT2D eigenvalue weighted by molar-refractivity contribution is 0.250. The van der Waals surface area contributed by atoms with E-state index < -0.39 is 0 Å². The van der Waals surface area contributed by atoms with Gasteiger partial charge in [0.2, 0.25) is 0 Å². The first-order chi connectivity index (χ1) is 12.2. The zero-order valence-corrected chi connectivity index (χ0v) is 13.7. The number of nitrogens with zero attached hydrogens (tertiary/aromatic N) is 2. The molecule has 7 heteroatoms. The summed E-state index contributed by atoms with van der Waals surface area (Å²) < 4.78 is 1.88. The van der Waals surface area contributed by atoms with Crippen LogP contribution in [0.1, 0.15) is 30.9 Å². The van der Waals surface area contributed by atoms with Crippen LogP contribution in [-0.2, 0) is 6.54 Å². The van der Waals surface area contributed by atoms with Crippen molar-refractivity contribution in [2.45, 2.75) is 31.8 Å². The third-order valence-electron chi connectivity index (χ3n) is 4.61. The van der Waals surface area contributed by atoms with Crippen molar-refractivity contribution in [1.29, 1.82) is 0 Å². The molecule has 0 aliphatic heterocycles. The number of aromatic amines is 1. The molecular weight excluding hydrogens is 318 g/mol. The number of pyridine rings is 1. The summed E-state index contributed by atoms with van der Waals surface area (Å²) >= 11 is 0. The van der Waals surface area contributed by atoms with E-state index in [0.717, 1.165) is 23.9 Å². The van der Waals surface area contributed by atoms with Crippen molar-refractivity contribution in [3.63, 3.8) is 0 Å². The van der Waals surface area contributed by atoms with E-state index in [-0.39, 0.29) is 11.5 Å². The van der Waals surface area contributed by atoms with Gasteiger partial charge in [0.15, 0.2) is 5.43 Å². The fourth-order valence-electron chi connectivity index (χ4n) is 3.01. The van der Waals surface area contributed by atoms with Crippen molar-refractivity contribution >= 4 is 22.8 Å². The Morgan fingerprint density at radius 3 is 2.96 bits per heavy atom. The molecule has 2 aromatic heterocycles. The number of nitrogens with one attached hydrogen (secondary N) is 3. The van der Waals surface area contributed by atoms with Crippen LogP contribution in [0.4, 0.5) is 10.6 Å². The predicted octanol–water partition coefficient (Wildman–Crippen LogP) is 2.77. The third kappa shape index (κ3) is 3.13. The monoisotopic (exact) mass is 337 g/mol. The summed E-state index contributed by atoms with van der Waals surface area (Å²) in [4.78, 5) is 27.0. The Kier molecular flexibility index (Phi) is 3.97. The molecule has 1 aromatic carbocycles. The van der Waals surface area contributed by atoms with Gasteiger partial charge in [0.05, 0.1) is 12.2 Å². The van der Waals surface area contributed by atoms with Gasteiger partial charge >= 0.3 is 6.03 Å². The number of hydrogen-bond donors (Lipinski definition) is 3. The lowest BCUT2D eigenvalue weighted by atomic mass is 9.93. The first-order valence-corrected chi connectivity index (χ1v) is 8.39. The van der Waals surface area contributed by atoms with E-state index in [1.807, 2.05) is 16.8 Å². The fraction of sp³-hybridized carbons (Fsp3) is 0.278. The van der Waals surface area contributed by atoms with Crippen LogP contribution < -0.4 is 16.1 Å². The number of rotatable bonds is 4. The highest BCUT2D eigenvalue weighted by Crippen LogP contribution is 2.33. The van der Waals surface area contributed by atoms with E-state index in [0.29, 0.717) is 23.8 Å². The van der Waals surface area contributed by atoms with E-state index >= 15 is 0 Å². The molecule has 2 amide bonds. The summed E-state index contributed by atoms with van der Waals surface area (Å²) in [7, 11) is 0. The molecule has 0 saturated heterocycles. The average Bonchev–Trinajstić information content (AvgIpc) is 2.99. The van der Waals surface area contributed by atoms with Crippen molar-refractivity contribution in [2.75, 3.05) is 5.32 Å². The Hall–Kier alpha value is -3.09. The molecule has 0 atom stereocenters. The van der Waals surface area contributed by atoms with Crippen LogP contribution >= 0.6 is 0 Å². The first-order valence-electron chi connectivity index (χ1n) is 8.39.